The predicted octanol–water partition coefficient (Wildman–Crippen LogP) is 8.14. The molecule has 2 aromatic carbocycles. The Morgan fingerprint density at radius 2 is 1.82 bits per heavy atom. The summed E-state index contributed by atoms with van der Waals surface area (Å²) in [6, 6.07) is 19.8. The minimum atomic E-state index is -4.43. The van der Waals surface area contributed by atoms with Crippen molar-refractivity contribution < 1.29 is 27.8 Å². The highest BCUT2D eigenvalue weighted by atomic mass is 19.4. The monoisotopic (exact) mass is 552 g/mol. The molecule has 0 unspecified atom stereocenters. The molecule has 0 spiro atoms. The summed E-state index contributed by atoms with van der Waals surface area (Å²) in [4.78, 5) is 17.3. The Hall–Kier alpha value is -3.81. The number of rotatable bonds is 11. The molecule has 0 amide bonds. The van der Waals surface area contributed by atoms with E-state index in [0.29, 0.717) is 25.0 Å². The van der Waals surface area contributed by atoms with Crippen molar-refractivity contribution in [2.75, 3.05) is 5.32 Å². The third kappa shape index (κ3) is 7.03. The molecule has 0 saturated heterocycles. The molecule has 1 aliphatic heterocycles. The van der Waals surface area contributed by atoms with Crippen LogP contribution in [0.25, 0.3) is 0 Å². The van der Waals surface area contributed by atoms with Crippen molar-refractivity contribution in [1.82, 2.24) is 4.98 Å². The zero-order valence-electron chi connectivity index (χ0n) is 22.8. The largest absolute Gasteiger partial charge is 0.512 e. The van der Waals surface area contributed by atoms with Crippen LogP contribution in [0.15, 0.2) is 84.3 Å². The van der Waals surface area contributed by atoms with Gasteiger partial charge in [-0.25, -0.2) is 4.79 Å². The third-order valence-corrected chi connectivity index (χ3v) is 7.42. The summed E-state index contributed by atoms with van der Waals surface area (Å²) in [5.41, 5.74) is 1.93. The molecule has 2 heterocycles. The maximum atomic E-state index is 13.4. The molecule has 0 radical (unpaired) electrons. The van der Waals surface area contributed by atoms with E-state index < -0.39 is 23.3 Å². The normalized spacial score (nSPS) is 18.4. The summed E-state index contributed by atoms with van der Waals surface area (Å²) in [6.45, 7) is 4.23. The van der Waals surface area contributed by atoms with Crippen LogP contribution in [0, 0.1) is 0 Å². The fourth-order valence-corrected chi connectivity index (χ4v) is 5.39. The Bertz CT molecular complexity index is 1320. The van der Waals surface area contributed by atoms with Gasteiger partial charge in [-0.15, -0.1) is 0 Å². The van der Waals surface area contributed by atoms with Crippen LogP contribution >= 0.6 is 0 Å². The standard InChI is InChI=1S/C32H35F3N2O3/c1-3-16-31(17-15-22-9-6-5-7-10-22)19-28(38)29(30(39)40-31)27(4-2)23-11-8-12-25(18-23)37-21-26-14-13-24(20-36-26)32(33,34)35/h5-14,18,20,27,37-38H,3-4,15-17,19,21H2,1-2H3/t27-,31-/m1/s1. The number of nitrogens with one attached hydrogen (secondary N) is 1. The molecule has 4 rings (SSSR count). The van der Waals surface area contributed by atoms with Gasteiger partial charge in [0.1, 0.15) is 11.4 Å². The number of hydrogen-bond acceptors (Lipinski definition) is 5. The number of hydrogen-bond donors (Lipinski definition) is 2. The molecule has 1 aromatic heterocycles. The zero-order valence-corrected chi connectivity index (χ0v) is 22.8. The number of anilines is 1. The van der Waals surface area contributed by atoms with Crippen LogP contribution in [-0.2, 0) is 28.7 Å². The van der Waals surface area contributed by atoms with Crippen molar-refractivity contribution in [3.63, 3.8) is 0 Å². The van der Waals surface area contributed by atoms with Gasteiger partial charge in [0, 0.05) is 24.2 Å². The van der Waals surface area contributed by atoms with Crippen molar-refractivity contribution >= 4 is 11.7 Å². The number of aromatic nitrogens is 1. The Kier molecular flexibility index (Phi) is 9.17. The number of aryl methyl sites for hydroxylation is 1. The first kappa shape index (κ1) is 29.2. The number of benzene rings is 2. The lowest BCUT2D eigenvalue weighted by molar-refractivity contribution is -0.161. The lowest BCUT2D eigenvalue weighted by Crippen LogP contribution is -2.41. The number of halogens is 3. The number of aliphatic hydroxyl groups is 1. The summed E-state index contributed by atoms with van der Waals surface area (Å²) >= 11 is 0. The summed E-state index contributed by atoms with van der Waals surface area (Å²) in [5, 5.41) is 14.4. The Morgan fingerprint density at radius 1 is 1.05 bits per heavy atom. The topological polar surface area (TPSA) is 71.5 Å². The van der Waals surface area contributed by atoms with Gasteiger partial charge in [-0.1, -0.05) is 62.7 Å². The molecule has 8 heteroatoms. The molecule has 2 atom stereocenters. The molecule has 0 aliphatic carbocycles. The smallest absolute Gasteiger partial charge is 0.417 e. The molecule has 5 nitrogen and oxygen atoms in total. The highest BCUT2D eigenvalue weighted by Crippen LogP contribution is 2.42. The minimum absolute atomic E-state index is 0.0805. The summed E-state index contributed by atoms with van der Waals surface area (Å²) in [6.07, 6.45) is 0.105. The average Bonchev–Trinajstić information content (AvgIpc) is 2.93. The van der Waals surface area contributed by atoms with Crippen LogP contribution in [0.3, 0.4) is 0 Å². The quantitative estimate of drug-likeness (QED) is 0.235. The number of esters is 1. The first-order valence-corrected chi connectivity index (χ1v) is 13.7. The van der Waals surface area contributed by atoms with Crippen LogP contribution in [0.1, 0.15) is 74.3 Å². The van der Waals surface area contributed by atoms with Gasteiger partial charge in [-0.05, 0) is 61.1 Å². The van der Waals surface area contributed by atoms with Gasteiger partial charge in [0.15, 0.2) is 0 Å². The van der Waals surface area contributed by atoms with Gasteiger partial charge in [-0.3, -0.25) is 4.98 Å². The van der Waals surface area contributed by atoms with Crippen molar-refractivity contribution in [2.45, 2.75) is 76.6 Å². The average molecular weight is 553 g/mol. The molecule has 212 valence electrons. The molecular formula is C32H35F3N2O3. The second-order valence-corrected chi connectivity index (χ2v) is 10.3. The van der Waals surface area contributed by atoms with E-state index in [1.54, 1.807) is 0 Å². The lowest BCUT2D eigenvalue weighted by atomic mass is 9.80. The van der Waals surface area contributed by atoms with E-state index in [1.165, 1.54) is 6.07 Å². The molecule has 2 N–H and O–H groups in total. The number of cyclic esters (lactones) is 1. The van der Waals surface area contributed by atoms with E-state index in [4.69, 9.17) is 4.74 Å². The minimum Gasteiger partial charge on any atom is -0.512 e. The van der Waals surface area contributed by atoms with Gasteiger partial charge in [-0.2, -0.15) is 13.2 Å². The molecule has 40 heavy (non-hydrogen) atoms. The van der Waals surface area contributed by atoms with Crippen LogP contribution in [0.4, 0.5) is 18.9 Å². The van der Waals surface area contributed by atoms with Gasteiger partial charge in [0.25, 0.3) is 0 Å². The zero-order chi connectivity index (χ0) is 28.8. The number of ether oxygens (including phenoxy) is 1. The fourth-order valence-electron chi connectivity index (χ4n) is 5.39. The Balaban J connectivity index is 1.50. The maximum Gasteiger partial charge on any atom is 0.417 e. The van der Waals surface area contributed by atoms with Gasteiger partial charge in [0.05, 0.1) is 23.4 Å². The van der Waals surface area contributed by atoms with Crippen LogP contribution in [-0.4, -0.2) is 21.7 Å². The van der Waals surface area contributed by atoms with Gasteiger partial charge in [0.2, 0.25) is 0 Å². The van der Waals surface area contributed by atoms with E-state index in [1.807, 2.05) is 68.4 Å². The van der Waals surface area contributed by atoms with E-state index in [2.05, 4.69) is 10.3 Å². The number of carbonyl (C=O) groups excluding carboxylic acids is 1. The van der Waals surface area contributed by atoms with Crippen molar-refractivity contribution in [2.24, 2.45) is 0 Å². The van der Waals surface area contributed by atoms with Crippen molar-refractivity contribution in [3.8, 4) is 0 Å². The van der Waals surface area contributed by atoms with E-state index >= 15 is 0 Å². The molecule has 0 bridgehead atoms. The number of nitrogens with zero attached hydrogens (tertiary/aromatic N) is 1. The maximum absolute atomic E-state index is 13.4. The molecule has 3 aromatic rings. The van der Waals surface area contributed by atoms with E-state index in [-0.39, 0.29) is 30.2 Å². The third-order valence-electron chi connectivity index (χ3n) is 7.42. The fraction of sp³-hybridized carbons (Fsp3) is 0.375. The number of pyridine rings is 1. The SMILES string of the molecule is CCC[C@@]1(CCc2ccccc2)CC(O)=C([C@H](CC)c2cccc(NCc3ccc(C(F)(F)F)cn3)c2)C(=O)O1. The van der Waals surface area contributed by atoms with E-state index in [9.17, 15) is 23.1 Å². The number of carbonyl (C=O) groups is 1. The Labute approximate surface area is 233 Å². The highest BCUT2D eigenvalue weighted by molar-refractivity contribution is 5.92. The van der Waals surface area contributed by atoms with Crippen LogP contribution in [0.2, 0.25) is 0 Å². The highest BCUT2D eigenvalue weighted by Gasteiger charge is 2.43. The van der Waals surface area contributed by atoms with Crippen molar-refractivity contribution in [1.29, 1.82) is 0 Å². The molecule has 0 fully saturated rings. The molecular weight excluding hydrogens is 517 g/mol. The van der Waals surface area contributed by atoms with Crippen molar-refractivity contribution in [3.05, 3.63) is 107 Å². The second-order valence-electron chi connectivity index (χ2n) is 10.3. The number of aliphatic hydroxyl groups excluding tert-OH is 1. The number of alkyl halides is 3. The Morgan fingerprint density at radius 3 is 2.45 bits per heavy atom. The van der Waals surface area contributed by atoms with Crippen LogP contribution in [0.5, 0.6) is 0 Å². The first-order chi connectivity index (χ1) is 19.1. The second kappa shape index (κ2) is 12.6. The predicted molar refractivity (Wildman–Crippen MR) is 149 cm³/mol. The first-order valence-electron chi connectivity index (χ1n) is 13.7. The molecule has 0 saturated carbocycles. The lowest BCUT2D eigenvalue weighted by Gasteiger charge is -2.38. The summed E-state index contributed by atoms with van der Waals surface area (Å²) < 4.78 is 44.6. The summed E-state index contributed by atoms with van der Waals surface area (Å²) in [7, 11) is 0. The van der Waals surface area contributed by atoms with E-state index in [0.717, 1.165) is 41.9 Å². The van der Waals surface area contributed by atoms with Crippen LogP contribution < -0.4 is 5.32 Å². The molecule has 1 aliphatic rings. The van der Waals surface area contributed by atoms with Gasteiger partial charge < -0.3 is 15.2 Å². The summed E-state index contributed by atoms with van der Waals surface area (Å²) in [5.74, 6) is -0.770. The van der Waals surface area contributed by atoms with Gasteiger partial charge >= 0.3 is 12.1 Å².